The Morgan fingerprint density at radius 2 is 1.68 bits per heavy atom. The molecule has 31 heavy (non-hydrogen) atoms. The third-order valence-electron chi connectivity index (χ3n) is 6.04. The Kier molecular flexibility index (Phi) is 5.13. The number of ether oxygens (including phenoxy) is 1. The lowest BCUT2D eigenvalue weighted by molar-refractivity contribution is 0.0252. The number of benzene rings is 3. The fraction of sp³-hybridized carbons (Fsp3) is 0.185. The molecule has 2 aliphatic heterocycles. The topological polar surface area (TPSA) is 46.6 Å². The van der Waals surface area contributed by atoms with Crippen LogP contribution in [-0.4, -0.2) is 29.9 Å². The molecule has 0 N–H and O–H groups in total. The third kappa shape index (κ3) is 3.89. The molecule has 0 radical (unpaired) electrons. The molecule has 1 amide bonds. The van der Waals surface area contributed by atoms with Gasteiger partial charge in [-0.25, -0.2) is 4.79 Å². The van der Waals surface area contributed by atoms with Crippen molar-refractivity contribution in [1.29, 1.82) is 0 Å². The maximum Gasteiger partial charge on any atom is 0.339 e. The van der Waals surface area contributed by atoms with Crippen LogP contribution in [0.4, 0.5) is 0 Å². The molecule has 1 atom stereocenters. The fourth-order valence-corrected chi connectivity index (χ4v) is 4.33. The Hall–Kier alpha value is -3.66. The number of amides is 1. The van der Waals surface area contributed by atoms with Crippen LogP contribution in [0.1, 0.15) is 49.9 Å². The lowest BCUT2D eigenvalue weighted by atomic mass is 9.92. The minimum absolute atomic E-state index is 0.00126. The van der Waals surface area contributed by atoms with Gasteiger partial charge >= 0.3 is 5.97 Å². The smallest absolute Gasteiger partial charge is 0.339 e. The first-order valence-corrected chi connectivity index (χ1v) is 10.6. The van der Waals surface area contributed by atoms with Gasteiger partial charge in [0.25, 0.3) is 5.91 Å². The first-order valence-electron chi connectivity index (χ1n) is 10.6. The highest BCUT2D eigenvalue weighted by Crippen LogP contribution is 2.31. The minimum Gasteiger partial charge on any atom is -0.454 e. The van der Waals surface area contributed by atoms with Gasteiger partial charge in [-0.15, -0.1) is 0 Å². The van der Waals surface area contributed by atoms with Gasteiger partial charge in [-0.05, 0) is 46.9 Å². The Labute approximate surface area is 181 Å². The van der Waals surface area contributed by atoms with E-state index >= 15 is 0 Å². The van der Waals surface area contributed by atoms with Crippen LogP contribution in [0.3, 0.4) is 0 Å². The molecule has 0 spiro atoms. The summed E-state index contributed by atoms with van der Waals surface area (Å²) in [6.07, 6.45) is 3.23. The van der Waals surface area contributed by atoms with Crippen LogP contribution < -0.4 is 0 Å². The van der Waals surface area contributed by atoms with Crippen molar-refractivity contribution in [2.75, 3.05) is 13.1 Å². The molecule has 3 aromatic carbocycles. The monoisotopic (exact) mass is 409 g/mol. The number of nitrogens with zero attached hydrogens (tertiary/aromatic N) is 1. The molecule has 0 saturated carbocycles. The Bertz CT molecular complexity index is 1150. The van der Waals surface area contributed by atoms with Crippen molar-refractivity contribution in [2.45, 2.75) is 18.9 Å². The molecule has 5 rings (SSSR count). The predicted octanol–water partition coefficient (Wildman–Crippen LogP) is 5.07. The molecule has 0 aromatic heterocycles. The van der Waals surface area contributed by atoms with Crippen molar-refractivity contribution in [3.05, 3.63) is 113 Å². The molecule has 1 unspecified atom stereocenters. The summed E-state index contributed by atoms with van der Waals surface area (Å²) in [5, 5.41) is 0. The van der Waals surface area contributed by atoms with Crippen molar-refractivity contribution < 1.29 is 14.3 Å². The van der Waals surface area contributed by atoms with Gasteiger partial charge < -0.3 is 9.64 Å². The van der Waals surface area contributed by atoms with Crippen LogP contribution in [-0.2, 0) is 11.2 Å². The van der Waals surface area contributed by atoms with Gasteiger partial charge in [0.05, 0.1) is 5.56 Å². The summed E-state index contributed by atoms with van der Waals surface area (Å²) < 4.78 is 5.63. The molecule has 154 valence electrons. The molecule has 2 heterocycles. The predicted molar refractivity (Wildman–Crippen MR) is 120 cm³/mol. The highest BCUT2D eigenvalue weighted by Gasteiger charge is 2.29. The number of carbonyl (C=O) groups excluding carboxylic acids is 2. The second-order valence-electron chi connectivity index (χ2n) is 7.98. The zero-order valence-electron chi connectivity index (χ0n) is 17.2. The van der Waals surface area contributed by atoms with E-state index < -0.39 is 0 Å². The van der Waals surface area contributed by atoms with Gasteiger partial charge in [0.15, 0.2) is 0 Å². The van der Waals surface area contributed by atoms with E-state index in [1.807, 2.05) is 59.5 Å². The summed E-state index contributed by atoms with van der Waals surface area (Å²) >= 11 is 0. The number of hydrogen-bond donors (Lipinski definition) is 0. The fourth-order valence-electron chi connectivity index (χ4n) is 4.33. The van der Waals surface area contributed by atoms with Gasteiger partial charge in [-0.1, -0.05) is 66.7 Å². The summed E-state index contributed by atoms with van der Waals surface area (Å²) in [5.74, 6) is -0.330. The number of carbonyl (C=O) groups is 2. The zero-order valence-corrected chi connectivity index (χ0v) is 17.2. The molecule has 0 fully saturated rings. The van der Waals surface area contributed by atoms with E-state index in [-0.39, 0.29) is 18.0 Å². The number of rotatable bonds is 3. The Morgan fingerprint density at radius 3 is 2.39 bits per heavy atom. The van der Waals surface area contributed by atoms with E-state index in [2.05, 4.69) is 18.2 Å². The van der Waals surface area contributed by atoms with Crippen LogP contribution in [0.15, 0.2) is 84.9 Å². The van der Waals surface area contributed by atoms with Crippen molar-refractivity contribution >= 4 is 17.4 Å². The van der Waals surface area contributed by atoms with E-state index in [0.717, 1.165) is 17.5 Å². The summed E-state index contributed by atoms with van der Waals surface area (Å²) in [7, 11) is 0. The van der Waals surface area contributed by atoms with Crippen molar-refractivity contribution in [1.82, 2.24) is 4.90 Å². The van der Waals surface area contributed by atoms with E-state index in [9.17, 15) is 9.59 Å². The standard InChI is InChI=1S/C27H23NO3/c29-26(28-15-13-20(14-16-28)19-7-3-1-4-8-19)22-11-12-24-23(17-22)18-25(31-27(24)30)21-9-5-2-6-10-21/h1-13,17,25H,14-16,18H2. The average molecular weight is 409 g/mol. The second-order valence-corrected chi connectivity index (χ2v) is 7.98. The SMILES string of the molecule is O=C1OC(c2ccccc2)Cc2cc(C(=O)N3CC=C(c4ccccc4)CC3)ccc21. The number of hydrogen-bond acceptors (Lipinski definition) is 3. The van der Waals surface area contributed by atoms with E-state index in [1.54, 1.807) is 12.1 Å². The van der Waals surface area contributed by atoms with Crippen LogP contribution in [0.5, 0.6) is 0 Å². The van der Waals surface area contributed by atoms with E-state index in [4.69, 9.17) is 4.74 Å². The number of cyclic esters (lactones) is 1. The molecule has 2 aliphatic rings. The molecule has 3 aromatic rings. The van der Waals surface area contributed by atoms with Crippen molar-refractivity contribution in [3.63, 3.8) is 0 Å². The van der Waals surface area contributed by atoms with E-state index in [1.165, 1.54) is 11.1 Å². The van der Waals surface area contributed by atoms with Crippen LogP contribution in [0.2, 0.25) is 0 Å². The molecular weight excluding hydrogens is 386 g/mol. The number of fused-ring (bicyclic) bond motifs is 1. The molecule has 4 nitrogen and oxygen atoms in total. The van der Waals surface area contributed by atoms with Crippen LogP contribution in [0, 0.1) is 0 Å². The summed E-state index contributed by atoms with van der Waals surface area (Å²) in [6, 6.07) is 25.4. The van der Waals surface area contributed by atoms with Crippen LogP contribution >= 0.6 is 0 Å². The van der Waals surface area contributed by atoms with Gasteiger partial charge in [0, 0.05) is 25.1 Å². The normalized spacial score (nSPS) is 18.1. The average Bonchev–Trinajstić information content (AvgIpc) is 2.84. The van der Waals surface area contributed by atoms with Gasteiger partial charge in [-0.3, -0.25) is 4.79 Å². The first kappa shape index (κ1) is 19.3. The maximum atomic E-state index is 13.1. The third-order valence-corrected chi connectivity index (χ3v) is 6.04. The lowest BCUT2D eigenvalue weighted by Gasteiger charge is -2.28. The summed E-state index contributed by atoms with van der Waals surface area (Å²) in [4.78, 5) is 27.5. The zero-order chi connectivity index (χ0) is 21.2. The van der Waals surface area contributed by atoms with Gasteiger partial charge in [-0.2, -0.15) is 0 Å². The molecule has 4 heteroatoms. The molecule has 0 aliphatic carbocycles. The highest BCUT2D eigenvalue weighted by molar-refractivity contribution is 5.98. The van der Waals surface area contributed by atoms with Crippen LogP contribution in [0.25, 0.3) is 5.57 Å². The lowest BCUT2D eigenvalue weighted by Crippen LogP contribution is -2.35. The summed E-state index contributed by atoms with van der Waals surface area (Å²) in [6.45, 7) is 1.28. The Balaban J connectivity index is 1.35. The molecule has 0 saturated heterocycles. The Morgan fingerprint density at radius 1 is 0.935 bits per heavy atom. The maximum absolute atomic E-state index is 13.1. The quantitative estimate of drug-likeness (QED) is 0.568. The van der Waals surface area contributed by atoms with Crippen molar-refractivity contribution in [3.8, 4) is 0 Å². The molecular formula is C27H23NO3. The van der Waals surface area contributed by atoms with E-state index in [0.29, 0.717) is 30.6 Å². The second kappa shape index (κ2) is 8.23. The number of esters is 1. The van der Waals surface area contributed by atoms with Gasteiger partial charge in [0.2, 0.25) is 0 Å². The molecule has 0 bridgehead atoms. The largest absolute Gasteiger partial charge is 0.454 e. The minimum atomic E-state index is -0.331. The van der Waals surface area contributed by atoms with Crippen molar-refractivity contribution in [2.24, 2.45) is 0 Å². The highest BCUT2D eigenvalue weighted by atomic mass is 16.5. The summed E-state index contributed by atoms with van der Waals surface area (Å²) in [5.41, 5.74) is 5.50. The van der Waals surface area contributed by atoms with Gasteiger partial charge in [0.1, 0.15) is 6.10 Å². The first-order chi connectivity index (χ1) is 15.2.